The normalized spacial score (nSPS) is 17.7. The largest absolute Gasteiger partial charge is 0.466 e. The van der Waals surface area contributed by atoms with E-state index in [9.17, 15) is 9.90 Å². The fourth-order valence-electron chi connectivity index (χ4n) is 2.80. The Bertz CT molecular complexity index is 519. The molecule has 6 nitrogen and oxygen atoms in total. The van der Waals surface area contributed by atoms with Crippen LogP contribution >= 0.6 is 0 Å². The lowest BCUT2D eigenvalue weighted by molar-refractivity contribution is -0.0137. The summed E-state index contributed by atoms with van der Waals surface area (Å²) in [6, 6.07) is 1.80. The van der Waals surface area contributed by atoms with E-state index >= 15 is 0 Å². The summed E-state index contributed by atoms with van der Waals surface area (Å²) in [4.78, 5) is 16.5. The Kier molecular flexibility index (Phi) is 6.21. The van der Waals surface area contributed by atoms with Crippen molar-refractivity contribution in [2.75, 3.05) is 39.3 Å². The van der Waals surface area contributed by atoms with Gasteiger partial charge in [-0.15, -0.1) is 0 Å². The van der Waals surface area contributed by atoms with Gasteiger partial charge in [0.05, 0.1) is 24.4 Å². The van der Waals surface area contributed by atoms with Gasteiger partial charge in [-0.3, -0.25) is 9.69 Å². The number of furan rings is 1. The summed E-state index contributed by atoms with van der Waals surface area (Å²) in [5.41, 5.74) is 0.654. The van der Waals surface area contributed by atoms with Crippen molar-refractivity contribution in [2.24, 2.45) is 0 Å². The van der Waals surface area contributed by atoms with Gasteiger partial charge in [0.2, 0.25) is 0 Å². The summed E-state index contributed by atoms with van der Waals surface area (Å²) in [5, 5.41) is 9.98. The number of hydrogen-bond acceptors (Lipinski definition) is 5. The first kappa shape index (κ1) is 18.0. The lowest BCUT2D eigenvalue weighted by Gasteiger charge is -2.35. The first-order valence-corrected chi connectivity index (χ1v) is 8.25. The Labute approximate surface area is 138 Å². The summed E-state index contributed by atoms with van der Waals surface area (Å²) >= 11 is 0. The van der Waals surface area contributed by atoms with Crippen molar-refractivity contribution < 1.29 is 19.1 Å². The van der Waals surface area contributed by atoms with Gasteiger partial charge in [-0.1, -0.05) is 0 Å². The van der Waals surface area contributed by atoms with Gasteiger partial charge < -0.3 is 19.2 Å². The van der Waals surface area contributed by atoms with Gasteiger partial charge in [0.1, 0.15) is 11.5 Å². The summed E-state index contributed by atoms with van der Waals surface area (Å²) in [6.45, 7) is 11.4. The molecule has 1 aromatic heterocycles. The van der Waals surface area contributed by atoms with Crippen LogP contribution in [0.25, 0.3) is 0 Å². The molecule has 6 heteroatoms. The topological polar surface area (TPSA) is 66.2 Å². The van der Waals surface area contributed by atoms with E-state index in [-0.39, 0.29) is 12.0 Å². The monoisotopic (exact) mass is 324 g/mol. The van der Waals surface area contributed by atoms with E-state index < -0.39 is 6.10 Å². The molecule has 0 aliphatic carbocycles. The van der Waals surface area contributed by atoms with Gasteiger partial charge >= 0.3 is 0 Å². The highest BCUT2D eigenvalue weighted by Crippen LogP contribution is 2.17. The molecule has 1 aliphatic rings. The number of carbonyl (C=O) groups excluding carboxylic acids is 1. The van der Waals surface area contributed by atoms with Crippen LogP contribution in [0.2, 0.25) is 0 Å². The van der Waals surface area contributed by atoms with Crippen LogP contribution in [0.4, 0.5) is 0 Å². The summed E-state index contributed by atoms with van der Waals surface area (Å²) in [5.74, 6) is 1.47. The molecule has 1 unspecified atom stereocenters. The molecule has 0 saturated carbocycles. The van der Waals surface area contributed by atoms with Crippen LogP contribution in [0.5, 0.6) is 0 Å². The second-order valence-corrected chi connectivity index (χ2v) is 6.46. The molecule has 0 radical (unpaired) electrons. The van der Waals surface area contributed by atoms with Gasteiger partial charge in [0.15, 0.2) is 0 Å². The van der Waals surface area contributed by atoms with Gasteiger partial charge in [0.25, 0.3) is 5.91 Å². The van der Waals surface area contributed by atoms with Crippen LogP contribution in [-0.4, -0.2) is 72.4 Å². The van der Waals surface area contributed by atoms with Crippen LogP contribution in [0, 0.1) is 13.8 Å². The van der Waals surface area contributed by atoms with Crippen molar-refractivity contribution in [2.45, 2.75) is 39.9 Å². The number of aliphatic hydroxyl groups is 1. The maximum Gasteiger partial charge on any atom is 0.257 e. The van der Waals surface area contributed by atoms with E-state index in [1.165, 1.54) is 0 Å². The van der Waals surface area contributed by atoms with E-state index in [1.807, 2.05) is 32.6 Å². The van der Waals surface area contributed by atoms with E-state index in [1.54, 1.807) is 6.07 Å². The average Bonchev–Trinajstić information content (AvgIpc) is 2.84. The van der Waals surface area contributed by atoms with Crippen LogP contribution in [0.1, 0.15) is 35.7 Å². The molecule has 1 fully saturated rings. The number of nitrogens with zero attached hydrogens (tertiary/aromatic N) is 2. The molecule has 2 rings (SSSR count). The lowest BCUT2D eigenvalue weighted by Crippen LogP contribution is -2.50. The van der Waals surface area contributed by atoms with Gasteiger partial charge in [0, 0.05) is 32.7 Å². The molecule has 1 N–H and O–H groups in total. The van der Waals surface area contributed by atoms with Crippen molar-refractivity contribution in [3.05, 3.63) is 23.2 Å². The van der Waals surface area contributed by atoms with E-state index in [0.29, 0.717) is 37.6 Å². The molecule has 23 heavy (non-hydrogen) atoms. The fraction of sp³-hybridized carbons (Fsp3) is 0.706. The fourth-order valence-corrected chi connectivity index (χ4v) is 2.80. The highest BCUT2D eigenvalue weighted by molar-refractivity contribution is 5.95. The van der Waals surface area contributed by atoms with E-state index in [0.717, 1.165) is 18.8 Å². The van der Waals surface area contributed by atoms with Crippen molar-refractivity contribution in [1.29, 1.82) is 0 Å². The van der Waals surface area contributed by atoms with Crippen molar-refractivity contribution in [3.63, 3.8) is 0 Å². The smallest absolute Gasteiger partial charge is 0.257 e. The highest BCUT2D eigenvalue weighted by atomic mass is 16.5. The quantitative estimate of drug-likeness (QED) is 0.858. The minimum atomic E-state index is -0.488. The third-order valence-electron chi connectivity index (χ3n) is 4.02. The number of rotatable bonds is 6. The van der Waals surface area contributed by atoms with Gasteiger partial charge in [-0.2, -0.15) is 0 Å². The number of amides is 1. The Hall–Kier alpha value is -1.37. The number of aliphatic hydroxyl groups excluding tert-OH is 1. The molecule has 1 saturated heterocycles. The predicted molar refractivity (Wildman–Crippen MR) is 87.6 cm³/mol. The second-order valence-electron chi connectivity index (χ2n) is 6.46. The first-order chi connectivity index (χ1) is 10.9. The third-order valence-corrected chi connectivity index (χ3v) is 4.02. The Morgan fingerprint density at radius 1 is 1.30 bits per heavy atom. The highest BCUT2D eigenvalue weighted by Gasteiger charge is 2.25. The number of carbonyl (C=O) groups is 1. The van der Waals surface area contributed by atoms with Gasteiger partial charge in [-0.25, -0.2) is 0 Å². The van der Waals surface area contributed by atoms with Crippen LogP contribution in [0.15, 0.2) is 10.5 Å². The second kappa shape index (κ2) is 7.95. The molecule has 1 amide bonds. The number of β-amino-alcohol motifs (C(OH)–C–C–N with tert-alkyl or cyclic N) is 1. The molecule has 0 spiro atoms. The maximum absolute atomic E-state index is 12.5. The lowest BCUT2D eigenvalue weighted by atomic mass is 10.2. The zero-order valence-corrected chi connectivity index (χ0v) is 14.5. The van der Waals surface area contributed by atoms with Crippen LogP contribution in [0.3, 0.4) is 0 Å². The Morgan fingerprint density at radius 2 is 1.96 bits per heavy atom. The SMILES string of the molecule is Cc1cc(C(=O)N2CCN(CC(O)COC(C)C)CC2)c(C)o1. The summed E-state index contributed by atoms with van der Waals surface area (Å²) in [6.07, 6.45) is -0.362. The van der Waals surface area contributed by atoms with Crippen molar-refractivity contribution >= 4 is 5.91 Å². The molecule has 0 bridgehead atoms. The van der Waals surface area contributed by atoms with Crippen molar-refractivity contribution in [1.82, 2.24) is 9.80 Å². The predicted octanol–water partition coefficient (Wildman–Crippen LogP) is 1.44. The number of aryl methyl sites for hydroxylation is 2. The zero-order valence-electron chi connectivity index (χ0n) is 14.5. The van der Waals surface area contributed by atoms with E-state index in [2.05, 4.69) is 4.90 Å². The molecule has 1 atom stereocenters. The molecular weight excluding hydrogens is 296 g/mol. The minimum absolute atomic E-state index is 0.0303. The zero-order chi connectivity index (χ0) is 17.0. The molecule has 1 aliphatic heterocycles. The molecular formula is C17H28N2O4. The van der Waals surface area contributed by atoms with Crippen LogP contribution in [-0.2, 0) is 4.74 Å². The number of ether oxygens (including phenoxy) is 1. The van der Waals surface area contributed by atoms with E-state index in [4.69, 9.17) is 9.15 Å². The van der Waals surface area contributed by atoms with Gasteiger partial charge in [-0.05, 0) is 33.8 Å². The maximum atomic E-state index is 12.5. The molecule has 130 valence electrons. The third kappa shape index (κ3) is 5.06. The summed E-state index contributed by atoms with van der Waals surface area (Å²) < 4.78 is 10.9. The standard InChI is InChI=1S/C17H28N2O4/c1-12(2)22-11-15(20)10-18-5-7-19(8-6-18)17(21)16-9-13(3)23-14(16)4/h9,12,15,20H,5-8,10-11H2,1-4H3. The minimum Gasteiger partial charge on any atom is -0.466 e. The molecule has 1 aromatic rings. The average molecular weight is 324 g/mol. The first-order valence-electron chi connectivity index (χ1n) is 8.25. The molecule has 0 aromatic carbocycles. The number of hydrogen-bond donors (Lipinski definition) is 1. The number of piperazine rings is 1. The Morgan fingerprint density at radius 3 is 2.48 bits per heavy atom. The van der Waals surface area contributed by atoms with Crippen molar-refractivity contribution in [3.8, 4) is 0 Å². The summed E-state index contributed by atoms with van der Waals surface area (Å²) in [7, 11) is 0. The Balaban J connectivity index is 1.79. The van der Waals surface area contributed by atoms with Crippen LogP contribution < -0.4 is 0 Å². The molecule has 2 heterocycles.